The molecule has 0 unspecified atom stereocenters. The molecule has 0 saturated heterocycles. The lowest BCUT2D eigenvalue weighted by Gasteiger charge is -2.05. The number of hydrogen-bond donors (Lipinski definition) is 0. The summed E-state index contributed by atoms with van der Waals surface area (Å²) < 4.78 is 10.2. The summed E-state index contributed by atoms with van der Waals surface area (Å²) in [6.45, 7) is 1.56. The molecule has 0 saturated carbocycles. The van der Waals surface area contributed by atoms with Crippen molar-refractivity contribution in [3.05, 3.63) is 67.7 Å². The Hall–Kier alpha value is -2.21. The van der Waals surface area contributed by atoms with Crippen molar-refractivity contribution >= 4 is 27.7 Å². The monoisotopic (exact) mass is 350 g/mol. The van der Waals surface area contributed by atoms with Gasteiger partial charge in [0.15, 0.2) is 0 Å². The molecule has 0 radical (unpaired) electrons. The molecule has 0 amide bonds. The molecule has 5 nitrogen and oxygen atoms in total. The molecule has 1 aromatic heterocycles. The van der Waals surface area contributed by atoms with E-state index in [1.807, 2.05) is 0 Å². The summed E-state index contributed by atoms with van der Waals surface area (Å²) in [5.41, 5.74) is -0.229. The van der Waals surface area contributed by atoms with Crippen LogP contribution in [0.25, 0.3) is 0 Å². The van der Waals surface area contributed by atoms with E-state index in [1.165, 1.54) is 13.2 Å². The van der Waals surface area contributed by atoms with Crippen LogP contribution in [0.15, 0.2) is 44.0 Å². The van der Waals surface area contributed by atoms with E-state index in [4.69, 9.17) is 4.42 Å². The largest absolute Gasteiger partial charge is 0.463 e. The summed E-state index contributed by atoms with van der Waals surface area (Å²) >= 11 is 3.27. The Balaban J connectivity index is 2.50. The van der Waals surface area contributed by atoms with E-state index in [0.29, 0.717) is 11.1 Å². The fourth-order valence-electron chi connectivity index (χ4n) is 1.83. The molecule has 1 heterocycles. The smallest absolute Gasteiger partial charge is 0.374 e. The van der Waals surface area contributed by atoms with Crippen molar-refractivity contribution < 1.29 is 18.7 Å². The van der Waals surface area contributed by atoms with E-state index in [-0.39, 0.29) is 11.3 Å². The maximum Gasteiger partial charge on any atom is 0.374 e. The van der Waals surface area contributed by atoms with E-state index >= 15 is 0 Å². The second kappa shape index (κ2) is 6.05. The lowest BCUT2D eigenvalue weighted by Crippen LogP contribution is -2.19. The fraction of sp³-hybridized carbons (Fsp3) is 0.133. The van der Waals surface area contributed by atoms with Gasteiger partial charge >= 0.3 is 11.6 Å². The molecule has 6 heteroatoms. The van der Waals surface area contributed by atoms with Crippen LogP contribution in [0.2, 0.25) is 0 Å². The number of methoxy groups -OCH3 is 1. The second-order valence-electron chi connectivity index (χ2n) is 4.28. The number of esters is 1. The van der Waals surface area contributed by atoms with Gasteiger partial charge in [0.25, 0.3) is 0 Å². The van der Waals surface area contributed by atoms with Crippen molar-refractivity contribution in [3.8, 4) is 0 Å². The summed E-state index contributed by atoms with van der Waals surface area (Å²) in [4.78, 5) is 35.7. The van der Waals surface area contributed by atoms with Crippen molar-refractivity contribution in [3.63, 3.8) is 0 Å². The molecule has 0 aliphatic rings. The van der Waals surface area contributed by atoms with Gasteiger partial charge in [-0.2, -0.15) is 0 Å². The third-order valence-corrected chi connectivity index (χ3v) is 3.40. The highest BCUT2D eigenvalue weighted by Crippen LogP contribution is 2.16. The lowest BCUT2D eigenvalue weighted by atomic mass is 10.0. The molecular weight excluding hydrogens is 340 g/mol. The predicted octanol–water partition coefficient (Wildman–Crippen LogP) is 2.73. The van der Waals surface area contributed by atoms with Crippen LogP contribution in [0.4, 0.5) is 0 Å². The van der Waals surface area contributed by atoms with Crippen LogP contribution >= 0.6 is 15.9 Å². The lowest BCUT2D eigenvalue weighted by molar-refractivity contribution is 0.0558. The molecule has 0 spiro atoms. The van der Waals surface area contributed by atoms with E-state index in [0.717, 1.165) is 4.47 Å². The molecule has 0 atom stereocenters. The average molecular weight is 351 g/mol. The summed E-state index contributed by atoms with van der Waals surface area (Å²) in [5.74, 6) is -1.45. The Labute approximate surface area is 128 Å². The Kier molecular flexibility index (Phi) is 4.37. The molecular formula is C15H11BrO5. The minimum Gasteiger partial charge on any atom is -0.463 e. The number of carbonyl (C=O) groups is 2. The molecule has 0 bridgehead atoms. The van der Waals surface area contributed by atoms with E-state index < -0.39 is 17.4 Å². The third kappa shape index (κ3) is 3.11. The van der Waals surface area contributed by atoms with Crippen LogP contribution in [0.1, 0.15) is 32.0 Å². The SMILES string of the molecule is COC(=O)c1cc(C)c(C(=O)c2ccc(Br)cc2)c(=O)o1. The molecule has 0 fully saturated rings. The summed E-state index contributed by atoms with van der Waals surface area (Å²) in [7, 11) is 1.18. The second-order valence-corrected chi connectivity index (χ2v) is 5.20. The van der Waals surface area contributed by atoms with Crippen LogP contribution in [-0.2, 0) is 4.74 Å². The zero-order valence-electron chi connectivity index (χ0n) is 11.3. The molecule has 0 aliphatic heterocycles. The third-order valence-electron chi connectivity index (χ3n) is 2.87. The summed E-state index contributed by atoms with van der Waals surface area (Å²) in [6, 6.07) is 7.92. The number of halogens is 1. The number of carbonyl (C=O) groups excluding carboxylic acids is 2. The van der Waals surface area contributed by atoms with Gasteiger partial charge in [-0.25, -0.2) is 9.59 Å². The van der Waals surface area contributed by atoms with Crippen molar-refractivity contribution in [1.82, 2.24) is 0 Å². The van der Waals surface area contributed by atoms with E-state index in [1.54, 1.807) is 31.2 Å². The van der Waals surface area contributed by atoms with Crippen LogP contribution in [0, 0.1) is 6.92 Å². The van der Waals surface area contributed by atoms with E-state index in [9.17, 15) is 14.4 Å². The number of hydrogen-bond acceptors (Lipinski definition) is 5. The maximum absolute atomic E-state index is 12.4. The first-order chi connectivity index (χ1) is 9.93. The zero-order valence-corrected chi connectivity index (χ0v) is 12.9. The minimum absolute atomic E-state index is 0.0926. The molecule has 0 N–H and O–H groups in total. The number of rotatable bonds is 3. The molecule has 21 heavy (non-hydrogen) atoms. The van der Waals surface area contributed by atoms with Gasteiger partial charge in [0.05, 0.1) is 7.11 Å². The predicted molar refractivity (Wildman–Crippen MR) is 78.6 cm³/mol. The highest BCUT2D eigenvalue weighted by Gasteiger charge is 2.20. The summed E-state index contributed by atoms with van der Waals surface area (Å²) in [5, 5.41) is 0. The zero-order chi connectivity index (χ0) is 15.6. The normalized spacial score (nSPS) is 10.2. The first kappa shape index (κ1) is 15.2. The van der Waals surface area contributed by atoms with Crippen LogP contribution in [-0.4, -0.2) is 18.9 Å². The standard InChI is InChI=1S/C15H11BrO5/c1-8-7-11(14(18)20-2)21-15(19)12(8)13(17)9-3-5-10(16)6-4-9/h3-7H,1-2H3. The van der Waals surface area contributed by atoms with Gasteiger partial charge in [-0.1, -0.05) is 15.9 Å². The van der Waals surface area contributed by atoms with Gasteiger partial charge in [-0.15, -0.1) is 0 Å². The average Bonchev–Trinajstić information content (AvgIpc) is 2.46. The Morgan fingerprint density at radius 1 is 1.19 bits per heavy atom. The highest BCUT2D eigenvalue weighted by atomic mass is 79.9. The molecule has 0 aliphatic carbocycles. The quantitative estimate of drug-likeness (QED) is 0.628. The van der Waals surface area contributed by atoms with Gasteiger partial charge in [-0.05, 0) is 42.8 Å². The number of benzene rings is 1. The molecule has 2 aromatic rings. The number of aryl methyl sites for hydroxylation is 1. The van der Waals surface area contributed by atoms with Gasteiger partial charge in [0.2, 0.25) is 11.5 Å². The van der Waals surface area contributed by atoms with Crippen LogP contribution in [0.3, 0.4) is 0 Å². The van der Waals surface area contributed by atoms with Crippen molar-refractivity contribution in [1.29, 1.82) is 0 Å². The van der Waals surface area contributed by atoms with E-state index in [2.05, 4.69) is 20.7 Å². The van der Waals surface area contributed by atoms with Gasteiger partial charge in [0.1, 0.15) is 5.56 Å². The number of ketones is 1. The highest BCUT2D eigenvalue weighted by molar-refractivity contribution is 9.10. The van der Waals surface area contributed by atoms with Crippen molar-refractivity contribution in [2.75, 3.05) is 7.11 Å². The fourth-order valence-corrected chi connectivity index (χ4v) is 2.09. The summed E-state index contributed by atoms with van der Waals surface area (Å²) in [6.07, 6.45) is 0. The Morgan fingerprint density at radius 2 is 1.81 bits per heavy atom. The van der Waals surface area contributed by atoms with Crippen LogP contribution in [0.5, 0.6) is 0 Å². The molecule has 2 rings (SSSR count). The first-order valence-corrected chi connectivity index (χ1v) is 6.76. The van der Waals surface area contributed by atoms with Gasteiger partial charge in [0, 0.05) is 10.0 Å². The Morgan fingerprint density at radius 3 is 2.33 bits per heavy atom. The minimum atomic E-state index is -0.858. The molecule has 108 valence electrons. The van der Waals surface area contributed by atoms with Crippen molar-refractivity contribution in [2.45, 2.75) is 6.92 Å². The Bertz CT molecular complexity index is 759. The van der Waals surface area contributed by atoms with Crippen molar-refractivity contribution in [2.24, 2.45) is 0 Å². The molecule has 1 aromatic carbocycles. The maximum atomic E-state index is 12.4. The van der Waals surface area contributed by atoms with Crippen LogP contribution < -0.4 is 5.63 Å². The first-order valence-electron chi connectivity index (χ1n) is 5.97. The number of ether oxygens (including phenoxy) is 1. The van der Waals surface area contributed by atoms with Gasteiger partial charge in [-0.3, -0.25) is 4.79 Å². The van der Waals surface area contributed by atoms with Gasteiger partial charge < -0.3 is 9.15 Å². The topological polar surface area (TPSA) is 73.6 Å².